The van der Waals surface area contributed by atoms with Gasteiger partial charge in [0.15, 0.2) is 17.5 Å². The summed E-state index contributed by atoms with van der Waals surface area (Å²) in [5.74, 6) is 1.10. The number of hydrogen-bond acceptors (Lipinski definition) is 5. The minimum absolute atomic E-state index is 0.281. The Balaban J connectivity index is 1.26. The van der Waals surface area contributed by atoms with E-state index in [-0.39, 0.29) is 5.82 Å². The number of nitriles is 2. The Morgan fingerprint density at radius 3 is 1.40 bits per heavy atom. The Morgan fingerprint density at radius 2 is 0.873 bits per heavy atom. The highest BCUT2D eigenvalue weighted by Gasteiger charge is 2.31. The predicted octanol–water partition coefficient (Wildman–Crippen LogP) is 13.7. The second kappa shape index (κ2) is 15.7. The number of nitrogens with zero attached hydrogens (tertiary/aromatic N) is 6. The van der Waals surface area contributed by atoms with E-state index >= 15 is 0 Å². The van der Waals surface area contributed by atoms with E-state index in [1.807, 2.05) is 140 Å². The van der Waals surface area contributed by atoms with Gasteiger partial charge in [0, 0.05) is 33.2 Å². The van der Waals surface area contributed by atoms with Crippen LogP contribution in [0.2, 0.25) is 0 Å². The molecular formula is C54H31F3N6. The first-order valence-corrected chi connectivity index (χ1v) is 20.0. The molecule has 0 spiro atoms. The first kappa shape index (κ1) is 38.5. The lowest BCUT2D eigenvalue weighted by molar-refractivity contribution is -0.137. The highest BCUT2D eigenvalue weighted by atomic mass is 19.4. The molecule has 0 aliphatic heterocycles. The molecule has 2 aromatic heterocycles. The molecule has 10 aromatic rings. The molecule has 0 saturated carbocycles. The van der Waals surface area contributed by atoms with E-state index in [4.69, 9.17) is 15.0 Å². The van der Waals surface area contributed by atoms with E-state index in [2.05, 4.69) is 28.8 Å². The zero-order chi connectivity index (χ0) is 43.1. The Morgan fingerprint density at radius 1 is 0.397 bits per heavy atom. The number of benzene rings is 8. The first-order valence-electron chi connectivity index (χ1n) is 20.0. The third-order valence-corrected chi connectivity index (χ3v) is 11.2. The zero-order valence-corrected chi connectivity index (χ0v) is 33.2. The highest BCUT2D eigenvalue weighted by Crippen LogP contribution is 2.42. The normalized spacial score (nSPS) is 11.4. The van der Waals surface area contributed by atoms with Crippen LogP contribution in [-0.4, -0.2) is 19.5 Å². The van der Waals surface area contributed by atoms with Crippen molar-refractivity contribution in [2.45, 2.75) is 6.18 Å². The molecule has 10 rings (SSSR count). The molecule has 0 radical (unpaired) electrons. The summed E-state index contributed by atoms with van der Waals surface area (Å²) < 4.78 is 44.8. The van der Waals surface area contributed by atoms with Gasteiger partial charge < -0.3 is 4.57 Å². The predicted molar refractivity (Wildman–Crippen MR) is 241 cm³/mol. The maximum absolute atomic E-state index is 14.2. The van der Waals surface area contributed by atoms with Crippen molar-refractivity contribution >= 4 is 21.8 Å². The molecule has 9 heteroatoms. The van der Waals surface area contributed by atoms with E-state index < -0.39 is 11.7 Å². The third-order valence-electron chi connectivity index (χ3n) is 11.2. The quantitative estimate of drug-likeness (QED) is 0.160. The van der Waals surface area contributed by atoms with E-state index in [0.717, 1.165) is 67.3 Å². The molecule has 0 N–H and O–H groups in total. The van der Waals surface area contributed by atoms with Gasteiger partial charge in [0.2, 0.25) is 0 Å². The summed E-state index contributed by atoms with van der Waals surface area (Å²) >= 11 is 0. The van der Waals surface area contributed by atoms with Gasteiger partial charge in [-0.05, 0) is 94.0 Å². The summed E-state index contributed by atoms with van der Waals surface area (Å²) in [4.78, 5) is 14.9. The van der Waals surface area contributed by atoms with Gasteiger partial charge in [0.1, 0.15) is 0 Å². The average Bonchev–Trinajstić information content (AvgIpc) is 3.67. The monoisotopic (exact) mass is 820 g/mol. The molecule has 0 bridgehead atoms. The fourth-order valence-corrected chi connectivity index (χ4v) is 8.20. The van der Waals surface area contributed by atoms with Crippen LogP contribution in [0.3, 0.4) is 0 Å². The topological polar surface area (TPSA) is 91.2 Å². The molecule has 0 amide bonds. The van der Waals surface area contributed by atoms with Crippen molar-refractivity contribution in [3.05, 3.63) is 205 Å². The van der Waals surface area contributed by atoms with Crippen LogP contribution in [0.4, 0.5) is 13.2 Å². The van der Waals surface area contributed by atoms with Crippen molar-refractivity contribution in [3.63, 3.8) is 0 Å². The van der Waals surface area contributed by atoms with Gasteiger partial charge in [-0.1, -0.05) is 127 Å². The van der Waals surface area contributed by atoms with Gasteiger partial charge >= 0.3 is 6.18 Å². The molecule has 63 heavy (non-hydrogen) atoms. The van der Waals surface area contributed by atoms with Crippen LogP contribution in [0, 0.1) is 22.7 Å². The van der Waals surface area contributed by atoms with Crippen molar-refractivity contribution in [2.24, 2.45) is 0 Å². The number of aromatic nitrogens is 4. The van der Waals surface area contributed by atoms with E-state index in [9.17, 15) is 23.7 Å². The smallest absolute Gasteiger partial charge is 0.309 e. The van der Waals surface area contributed by atoms with Crippen molar-refractivity contribution in [1.82, 2.24) is 19.5 Å². The number of hydrogen-bond donors (Lipinski definition) is 0. The fraction of sp³-hybridized carbons (Fsp3) is 0.0185. The maximum atomic E-state index is 14.2. The van der Waals surface area contributed by atoms with Crippen molar-refractivity contribution < 1.29 is 13.2 Å². The van der Waals surface area contributed by atoms with Gasteiger partial charge in [-0.15, -0.1) is 0 Å². The van der Waals surface area contributed by atoms with Gasteiger partial charge in [0.05, 0.1) is 39.9 Å². The second-order valence-corrected chi connectivity index (χ2v) is 15.0. The summed E-state index contributed by atoms with van der Waals surface area (Å²) in [6, 6.07) is 61.7. The molecule has 0 aliphatic carbocycles. The van der Waals surface area contributed by atoms with Crippen LogP contribution in [-0.2, 0) is 6.18 Å². The molecule has 2 heterocycles. The molecule has 8 aromatic carbocycles. The van der Waals surface area contributed by atoms with Crippen LogP contribution in [0.5, 0.6) is 0 Å². The van der Waals surface area contributed by atoms with Crippen molar-refractivity contribution in [1.29, 1.82) is 10.5 Å². The number of rotatable bonds is 7. The Kier molecular flexibility index (Phi) is 9.63. The van der Waals surface area contributed by atoms with Gasteiger partial charge in [0.25, 0.3) is 0 Å². The lowest BCUT2D eigenvalue weighted by Gasteiger charge is -2.16. The third kappa shape index (κ3) is 7.14. The van der Waals surface area contributed by atoms with Gasteiger partial charge in [-0.3, -0.25) is 0 Å². The summed E-state index contributed by atoms with van der Waals surface area (Å²) in [5, 5.41) is 21.8. The average molecular weight is 821 g/mol. The molecule has 6 nitrogen and oxygen atoms in total. The minimum atomic E-state index is -4.56. The molecule has 0 aliphatic rings. The zero-order valence-electron chi connectivity index (χ0n) is 33.2. The van der Waals surface area contributed by atoms with E-state index in [1.165, 1.54) is 6.07 Å². The second-order valence-electron chi connectivity index (χ2n) is 15.0. The fourth-order valence-electron chi connectivity index (χ4n) is 8.20. The highest BCUT2D eigenvalue weighted by molar-refractivity contribution is 6.12. The number of alkyl halides is 3. The molecule has 0 unspecified atom stereocenters. The largest absolute Gasteiger partial charge is 0.416 e. The van der Waals surface area contributed by atoms with Crippen LogP contribution >= 0.6 is 0 Å². The number of fused-ring (bicyclic) bond motifs is 3. The van der Waals surface area contributed by atoms with E-state index in [1.54, 1.807) is 18.2 Å². The van der Waals surface area contributed by atoms with Crippen molar-refractivity contribution in [2.75, 3.05) is 0 Å². The van der Waals surface area contributed by atoms with Crippen LogP contribution in [0.1, 0.15) is 16.7 Å². The molecule has 0 saturated heterocycles. The number of halogens is 3. The lowest BCUT2D eigenvalue weighted by atomic mass is 9.96. The molecule has 0 fully saturated rings. The van der Waals surface area contributed by atoms with E-state index in [0.29, 0.717) is 45.2 Å². The molecule has 298 valence electrons. The molecule has 0 atom stereocenters. The Bertz CT molecular complexity index is 3300. The minimum Gasteiger partial charge on any atom is -0.309 e. The van der Waals surface area contributed by atoms with Gasteiger partial charge in [-0.25, -0.2) is 15.0 Å². The molecular weight excluding hydrogens is 790 g/mol. The summed E-state index contributed by atoms with van der Waals surface area (Å²) in [7, 11) is 0. The van der Waals surface area contributed by atoms with Crippen LogP contribution in [0.15, 0.2) is 188 Å². The summed E-state index contributed by atoms with van der Waals surface area (Å²) in [5.41, 5.74) is 8.85. The maximum Gasteiger partial charge on any atom is 0.416 e. The summed E-state index contributed by atoms with van der Waals surface area (Å²) in [6.07, 6.45) is -4.56. The van der Waals surface area contributed by atoms with Crippen molar-refractivity contribution in [3.8, 4) is 85.4 Å². The SMILES string of the molecule is N#Cc1ccccc1-c1ccc2c(c1)c1cc(-c3ccccc3C#N)ccc1n2-c1ccc(-c2cccc(C(F)(F)F)c2)c(-c2nc(-c3ccccc3)nc(-c3ccccc3)n2)c1. The standard InChI is InChI=1S/C54H31F3N6/c55-54(56,57)41-19-11-18-36(28-41)45-25-24-42(31-48(45)53-61-51(34-12-3-1-4-13-34)60-52(62-53)35-14-5-2-6-15-35)63-49-26-22-37(43-20-9-7-16-39(43)32-58)29-46(49)47-30-38(23-27-50(47)63)44-21-10-8-17-40(44)33-59/h1-31H. The Hall–Kier alpha value is -8.66. The Labute approximate surface area is 360 Å². The lowest BCUT2D eigenvalue weighted by Crippen LogP contribution is -2.05. The van der Waals surface area contributed by atoms with Gasteiger partial charge in [-0.2, -0.15) is 23.7 Å². The van der Waals surface area contributed by atoms with Crippen LogP contribution < -0.4 is 0 Å². The summed E-state index contributed by atoms with van der Waals surface area (Å²) in [6.45, 7) is 0. The van der Waals surface area contributed by atoms with Crippen LogP contribution in [0.25, 0.3) is 95.0 Å². The first-order chi connectivity index (χ1) is 30.8.